The minimum Gasteiger partial charge on any atom is -0.462 e. The fraction of sp³-hybridized carbons (Fsp3) is 0.167. The number of imide groups is 1. The van der Waals surface area contributed by atoms with E-state index in [1.165, 1.54) is 36.4 Å². The summed E-state index contributed by atoms with van der Waals surface area (Å²) in [7, 11) is 0. The van der Waals surface area contributed by atoms with E-state index in [1.54, 1.807) is 12.3 Å². The number of esters is 1. The van der Waals surface area contributed by atoms with E-state index in [4.69, 9.17) is 4.74 Å². The summed E-state index contributed by atoms with van der Waals surface area (Å²) in [5.41, 5.74) is 0.202. The maximum absolute atomic E-state index is 13.3. The molecule has 0 atom stereocenters. The number of carbonyl (C=O) groups excluding carboxylic acids is 4. The number of rotatable bonds is 8. The summed E-state index contributed by atoms with van der Waals surface area (Å²) in [6.45, 7) is 1.41. The second-order valence-corrected chi connectivity index (χ2v) is 8.48. The Labute approximate surface area is 207 Å². The number of ether oxygens (including phenoxy) is 1. The van der Waals surface area contributed by atoms with Crippen molar-refractivity contribution >= 4 is 45.7 Å². The molecule has 2 aromatic carbocycles. The summed E-state index contributed by atoms with van der Waals surface area (Å²) in [5.74, 6) is -3.30. The van der Waals surface area contributed by atoms with Crippen LogP contribution in [0.1, 0.15) is 44.4 Å². The molecule has 0 fully saturated rings. The van der Waals surface area contributed by atoms with E-state index in [2.05, 4.69) is 5.32 Å². The van der Waals surface area contributed by atoms with Gasteiger partial charge < -0.3 is 10.1 Å². The van der Waals surface area contributed by atoms with Gasteiger partial charge in [0.15, 0.2) is 0 Å². The second kappa shape index (κ2) is 10.0. The fourth-order valence-corrected chi connectivity index (χ4v) is 4.74. The first-order valence-electron chi connectivity index (χ1n) is 10.7. The molecule has 0 radical (unpaired) electrons. The van der Waals surface area contributed by atoms with E-state index < -0.39 is 40.1 Å². The number of nitro groups is 1. The molecular formula is C24H18FN3O7S. The van der Waals surface area contributed by atoms with E-state index >= 15 is 0 Å². The normalized spacial score (nSPS) is 12.4. The maximum atomic E-state index is 13.3. The number of fused-ring (bicyclic) bond motifs is 1. The molecule has 3 aromatic rings. The third-order valence-electron chi connectivity index (χ3n) is 5.41. The van der Waals surface area contributed by atoms with E-state index in [0.717, 1.165) is 22.3 Å². The average Bonchev–Trinajstić information content (AvgIpc) is 3.37. The molecule has 2 heterocycles. The van der Waals surface area contributed by atoms with Gasteiger partial charge in [0.25, 0.3) is 17.5 Å². The Morgan fingerprint density at radius 2 is 1.83 bits per heavy atom. The Balaban J connectivity index is 1.51. The predicted molar refractivity (Wildman–Crippen MR) is 127 cm³/mol. The largest absolute Gasteiger partial charge is 0.462 e. The van der Waals surface area contributed by atoms with Gasteiger partial charge in [0.2, 0.25) is 5.91 Å². The molecule has 1 aromatic heterocycles. The highest BCUT2D eigenvalue weighted by Gasteiger charge is 2.40. The van der Waals surface area contributed by atoms with Gasteiger partial charge in [0.1, 0.15) is 21.9 Å². The number of hydrogen-bond donors (Lipinski definition) is 1. The highest BCUT2D eigenvalue weighted by Crippen LogP contribution is 2.36. The zero-order valence-electron chi connectivity index (χ0n) is 18.8. The van der Waals surface area contributed by atoms with Crippen molar-refractivity contribution in [2.24, 2.45) is 0 Å². The lowest BCUT2D eigenvalue weighted by atomic mass is 10.0. The molecule has 1 N–H and O–H groups in total. The average molecular weight is 511 g/mol. The van der Waals surface area contributed by atoms with Crippen molar-refractivity contribution in [1.29, 1.82) is 0 Å². The number of thiophene rings is 1. The molecule has 0 aliphatic carbocycles. The summed E-state index contributed by atoms with van der Waals surface area (Å²) in [6, 6.07) is 9.23. The Bertz CT molecular complexity index is 1400. The van der Waals surface area contributed by atoms with Gasteiger partial charge in [-0.1, -0.05) is 18.2 Å². The Morgan fingerprint density at radius 1 is 1.11 bits per heavy atom. The highest BCUT2D eigenvalue weighted by molar-refractivity contribution is 7.15. The van der Waals surface area contributed by atoms with Crippen LogP contribution in [-0.2, 0) is 9.53 Å². The van der Waals surface area contributed by atoms with E-state index in [1.807, 2.05) is 0 Å². The molecule has 0 bridgehead atoms. The van der Waals surface area contributed by atoms with Crippen molar-refractivity contribution in [2.75, 3.05) is 18.5 Å². The van der Waals surface area contributed by atoms with Crippen molar-refractivity contribution in [2.45, 2.75) is 13.3 Å². The molecular weight excluding hydrogens is 493 g/mol. The first kappa shape index (κ1) is 24.7. The van der Waals surface area contributed by atoms with Gasteiger partial charge in [-0.15, -0.1) is 11.3 Å². The summed E-state index contributed by atoms with van der Waals surface area (Å²) in [5, 5.41) is 15.7. The van der Waals surface area contributed by atoms with Crippen molar-refractivity contribution in [1.82, 2.24) is 4.90 Å². The zero-order chi connectivity index (χ0) is 26.0. The lowest BCUT2D eigenvalue weighted by Crippen LogP contribution is -2.33. The molecule has 1 aliphatic rings. The van der Waals surface area contributed by atoms with Crippen LogP contribution in [0, 0.1) is 15.9 Å². The molecule has 1 aliphatic heterocycles. The van der Waals surface area contributed by atoms with Crippen molar-refractivity contribution in [3.8, 4) is 11.1 Å². The van der Waals surface area contributed by atoms with Gasteiger partial charge in [-0.3, -0.25) is 29.4 Å². The van der Waals surface area contributed by atoms with Gasteiger partial charge in [0.05, 0.1) is 17.1 Å². The molecule has 4 rings (SSSR count). The number of amides is 3. The first-order chi connectivity index (χ1) is 17.2. The van der Waals surface area contributed by atoms with Crippen molar-refractivity contribution in [3.63, 3.8) is 0 Å². The van der Waals surface area contributed by atoms with Crippen molar-refractivity contribution in [3.05, 3.63) is 80.5 Å². The number of benzene rings is 2. The van der Waals surface area contributed by atoms with Crippen LogP contribution in [0.4, 0.5) is 15.1 Å². The molecule has 12 heteroatoms. The Hall–Kier alpha value is -4.45. The van der Waals surface area contributed by atoms with Gasteiger partial charge in [-0.25, -0.2) is 9.18 Å². The summed E-state index contributed by atoms with van der Waals surface area (Å²) < 4.78 is 18.5. The van der Waals surface area contributed by atoms with E-state index in [9.17, 15) is 33.7 Å². The third kappa shape index (κ3) is 4.58. The molecule has 3 amide bonds. The highest BCUT2D eigenvalue weighted by atomic mass is 32.1. The number of nitro benzene ring substituents is 1. The van der Waals surface area contributed by atoms with Crippen LogP contribution in [-0.4, -0.2) is 46.7 Å². The molecule has 0 spiro atoms. The topological polar surface area (TPSA) is 136 Å². The molecule has 36 heavy (non-hydrogen) atoms. The molecule has 0 saturated heterocycles. The Morgan fingerprint density at radius 3 is 2.50 bits per heavy atom. The zero-order valence-corrected chi connectivity index (χ0v) is 19.6. The lowest BCUT2D eigenvalue weighted by Gasteiger charge is -2.13. The molecule has 184 valence electrons. The number of hydrogen-bond acceptors (Lipinski definition) is 8. The van der Waals surface area contributed by atoms with Crippen molar-refractivity contribution < 1.29 is 33.2 Å². The number of nitrogens with one attached hydrogen (secondary N) is 1. The van der Waals surface area contributed by atoms with Crippen LogP contribution in [0.15, 0.2) is 47.8 Å². The molecule has 10 nitrogen and oxygen atoms in total. The minimum atomic E-state index is -0.850. The van der Waals surface area contributed by atoms with E-state index in [0.29, 0.717) is 11.1 Å². The first-order valence-corrected chi connectivity index (χ1v) is 11.6. The molecule has 0 unspecified atom stereocenters. The van der Waals surface area contributed by atoms with Crippen LogP contribution < -0.4 is 5.32 Å². The summed E-state index contributed by atoms with van der Waals surface area (Å²) in [6.07, 6.45) is -0.314. The SMILES string of the molecule is CCOC(=O)c1c(-c2ccc(F)cc2)csc1NC(=O)CCN1C(=O)c2cccc([N+](=O)[O-])c2C1=O. The third-order valence-corrected chi connectivity index (χ3v) is 6.31. The Kier molecular flexibility index (Phi) is 6.88. The lowest BCUT2D eigenvalue weighted by molar-refractivity contribution is -0.385. The monoisotopic (exact) mass is 511 g/mol. The molecule has 0 saturated carbocycles. The summed E-state index contributed by atoms with van der Waals surface area (Å²) in [4.78, 5) is 61.9. The van der Waals surface area contributed by atoms with Crippen LogP contribution in [0.3, 0.4) is 0 Å². The standard InChI is InChI=1S/C24H18FN3O7S/c1-2-35-24(32)20-16(13-6-8-14(25)9-7-13)12-36-21(20)26-18(29)10-11-27-22(30)15-4-3-5-17(28(33)34)19(15)23(27)31/h3-9,12H,2,10-11H2,1H3,(H,26,29). The number of anilines is 1. The quantitative estimate of drug-likeness (QED) is 0.206. The minimum absolute atomic E-state index is 0.0941. The number of nitrogens with zero attached hydrogens (tertiary/aromatic N) is 2. The smallest absolute Gasteiger partial charge is 0.341 e. The van der Waals surface area contributed by atoms with Crippen LogP contribution in [0.2, 0.25) is 0 Å². The van der Waals surface area contributed by atoms with Gasteiger partial charge in [-0.2, -0.15) is 0 Å². The number of carbonyl (C=O) groups is 4. The van der Waals surface area contributed by atoms with Gasteiger partial charge in [0, 0.05) is 30.0 Å². The van der Waals surface area contributed by atoms with Crippen LogP contribution >= 0.6 is 11.3 Å². The fourth-order valence-electron chi connectivity index (χ4n) is 3.77. The van der Waals surface area contributed by atoms with Gasteiger partial charge >= 0.3 is 5.97 Å². The van der Waals surface area contributed by atoms with Crippen LogP contribution in [0.5, 0.6) is 0 Å². The van der Waals surface area contributed by atoms with E-state index in [-0.39, 0.29) is 41.3 Å². The summed E-state index contributed by atoms with van der Waals surface area (Å²) >= 11 is 1.06. The predicted octanol–water partition coefficient (Wildman–Crippen LogP) is 4.26. The second-order valence-electron chi connectivity index (χ2n) is 7.60. The van der Waals surface area contributed by atoms with Gasteiger partial charge in [-0.05, 0) is 30.7 Å². The van der Waals surface area contributed by atoms with Crippen LogP contribution in [0.25, 0.3) is 11.1 Å². The number of halogens is 1. The maximum Gasteiger partial charge on any atom is 0.341 e.